The number of nitrogens with one attached hydrogen (secondary N) is 1. The fraction of sp³-hybridized carbons (Fsp3) is 0.167. The van der Waals surface area contributed by atoms with E-state index in [1.54, 1.807) is 0 Å². The normalized spacial score (nSPS) is 10.8. The van der Waals surface area contributed by atoms with Crippen LogP contribution in [-0.4, -0.2) is 19.1 Å². The molecule has 0 amide bonds. The highest BCUT2D eigenvalue weighted by atomic mass is 15.2. The number of rotatable bonds is 4. The number of nitrogens with zero attached hydrogens (tertiary/aromatic N) is 2. The number of fused-ring (bicyclic) bond motifs is 1. The summed E-state index contributed by atoms with van der Waals surface area (Å²) in [5, 5.41) is 4.40. The van der Waals surface area contributed by atoms with E-state index in [4.69, 9.17) is 4.98 Å². The van der Waals surface area contributed by atoms with Crippen molar-refractivity contribution in [3.05, 3.63) is 66.2 Å². The molecule has 3 aromatic rings. The Morgan fingerprint density at radius 1 is 1.00 bits per heavy atom. The van der Waals surface area contributed by atoms with Crippen molar-refractivity contribution in [2.45, 2.75) is 6.54 Å². The number of hydrogen-bond donors (Lipinski definition) is 1. The van der Waals surface area contributed by atoms with Crippen LogP contribution in [-0.2, 0) is 6.54 Å². The molecule has 0 aliphatic rings. The maximum Gasteiger partial charge on any atom is 0.137 e. The molecule has 0 atom stereocenters. The molecule has 1 heterocycles. The van der Waals surface area contributed by atoms with Crippen LogP contribution in [0.4, 0.5) is 11.5 Å². The van der Waals surface area contributed by atoms with Gasteiger partial charge in [0.05, 0.1) is 5.52 Å². The second-order valence-electron chi connectivity index (χ2n) is 5.09. The van der Waals surface area contributed by atoms with Crippen LogP contribution in [0.5, 0.6) is 0 Å². The van der Waals surface area contributed by atoms with Crippen LogP contribution in [0, 0.1) is 0 Å². The molecule has 3 heteroatoms. The van der Waals surface area contributed by atoms with Gasteiger partial charge >= 0.3 is 0 Å². The largest absolute Gasteiger partial charge is 0.329 e. The van der Waals surface area contributed by atoms with Crippen LogP contribution < -0.4 is 10.2 Å². The summed E-state index contributed by atoms with van der Waals surface area (Å²) in [6, 6.07) is 20.8. The summed E-state index contributed by atoms with van der Waals surface area (Å²) < 4.78 is 0. The third-order valence-electron chi connectivity index (χ3n) is 3.61. The Balaban J connectivity index is 2.13. The van der Waals surface area contributed by atoms with E-state index in [1.165, 1.54) is 10.9 Å². The molecule has 3 rings (SSSR count). The van der Waals surface area contributed by atoms with Crippen molar-refractivity contribution in [1.29, 1.82) is 0 Å². The summed E-state index contributed by atoms with van der Waals surface area (Å²) in [6.45, 7) is 0.796. The number of hydrogen-bond acceptors (Lipinski definition) is 3. The number of aromatic nitrogens is 1. The first-order chi connectivity index (χ1) is 10.3. The van der Waals surface area contributed by atoms with Gasteiger partial charge in [0.15, 0.2) is 0 Å². The summed E-state index contributed by atoms with van der Waals surface area (Å²) in [5.41, 5.74) is 3.36. The van der Waals surface area contributed by atoms with Gasteiger partial charge in [-0.15, -0.1) is 0 Å². The third-order valence-corrected chi connectivity index (χ3v) is 3.61. The van der Waals surface area contributed by atoms with Crippen molar-refractivity contribution >= 4 is 22.4 Å². The van der Waals surface area contributed by atoms with E-state index in [0.29, 0.717) is 0 Å². The molecule has 106 valence electrons. The van der Waals surface area contributed by atoms with E-state index < -0.39 is 0 Å². The highest BCUT2D eigenvalue weighted by Gasteiger charge is 2.12. The number of para-hydroxylation sites is 2. The van der Waals surface area contributed by atoms with E-state index >= 15 is 0 Å². The fourth-order valence-corrected chi connectivity index (χ4v) is 2.53. The summed E-state index contributed by atoms with van der Waals surface area (Å²) in [6.07, 6.45) is 0. The molecule has 0 radical (unpaired) electrons. The van der Waals surface area contributed by atoms with Gasteiger partial charge in [-0.2, -0.15) is 0 Å². The van der Waals surface area contributed by atoms with Gasteiger partial charge in [-0.05, 0) is 31.3 Å². The Kier molecular flexibility index (Phi) is 3.84. The fourth-order valence-electron chi connectivity index (χ4n) is 2.53. The van der Waals surface area contributed by atoms with E-state index in [2.05, 4.69) is 47.6 Å². The molecule has 0 fully saturated rings. The Morgan fingerprint density at radius 2 is 1.71 bits per heavy atom. The molecule has 0 bridgehead atoms. The zero-order chi connectivity index (χ0) is 14.7. The molecule has 1 aromatic heterocycles. The lowest BCUT2D eigenvalue weighted by molar-refractivity contribution is 0.813. The van der Waals surface area contributed by atoms with Gasteiger partial charge in [-0.25, -0.2) is 4.98 Å². The Labute approximate surface area is 125 Å². The smallest absolute Gasteiger partial charge is 0.137 e. The SMILES string of the molecule is CNCc1cc2ccccc2nc1N(C)c1ccccc1. The minimum Gasteiger partial charge on any atom is -0.329 e. The Morgan fingerprint density at radius 3 is 2.48 bits per heavy atom. The first-order valence-electron chi connectivity index (χ1n) is 7.11. The van der Waals surface area contributed by atoms with Crippen LogP contribution in [0.15, 0.2) is 60.7 Å². The van der Waals surface area contributed by atoms with Gasteiger partial charge in [0.25, 0.3) is 0 Å². The minimum absolute atomic E-state index is 0.796. The quantitative estimate of drug-likeness (QED) is 0.787. The van der Waals surface area contributed by atoms with Crippen molar-refractivity contribution in [2.24, 2.45) is 0 Å². The Bertz CT molecular complexity index is 738. The van der Waals surface area contributed by atoms with Crippen molar-refractivity contribution < 1.29 is 0 Å². The molecule has 1 N–H and O–H groups in total. The zero-order valence-electron chi connectivity index (χ0n) is 12.4. The molecule has 0 aliphatic heterocycles. The van der Waals surface area contributed by atoms with Crippen molar-refractivity contribution in [3.63, 3.8) is 0 Å². The predicted molar refractivity (Wildman–Crippen MR) is 89.0 cm³/mol. The van der Waals surface area contributed by atoms with Gasteiger partial charge in [-0.1, -0.05) is 36.4 Å². The molecule has 0 saturated carbocycles. The molecular formula is C18H19N3. The maximum absolute atomic E-state index is 4.86. The van der Waals surface area contributed by atoms with Crippen LogP contribution in [0.2, 0.25) is 0 Å². The highest BCUT2D eigenvalue weighted by molar-refractivity contribution is 5.82. The van der Waals surface area contributed by atoms with Crippen LogP contribution in [0.3, 0.4) is 0 Å². The summed E-state index contributed by atoms with van der Waals surface area (Å²) in [4.78, 5) is 6.99. The van der Waals surface area contributed by atoms with E-state index in [-0.39, 0.29) is 0 Å². The summed E-state index contributed by atoms with van der Waals surface area (Å²) in [7, 11) is 4.02. The lowest BCUT2D eigenvalue weighted by atomic mass is 10.1. The number of pyridine rings is 1. The van der Waals surface area contributed by atoms with E-state index in [9.17, 15) is 0 Å². The molecule has 2 aromatic carbocycles. The van der Waals surface area contributed by atoms with Crippen molar-refractivity contribution in [1.82, 2.24) is 10.3 Å². The van der Waals surface area contributed by atoms with Gasteiger partial charge in [-0.3, -0.25) is 0 Å². The molecular weight excluding hydrogens is 258 g/mol. The molecule has 0 unspecified atom stereocenters. The van der Waals surface area contributed by atoms with Crippen LogP contribution >= 0.6 is 0 Å². The highest BCUT2D eigenvalue weighted by Crippen LogP contribution is 2.28. The van der Waals surface area contributed by atoms with E-state index in [0.717, 1.165) is 23.6 Å². The lowest BCUT2D eigenvalue weighted by Crippen LogP contribution is -2.16. The maximum atomic E-state index is 4.86. The molecule has 0 spiro atoms. The predicted octanol–water partition coefficient (Wildman–Crippen LogP) is 3.72. The Hall–Kier alpha value is -2.39. The van der Waals surface area contributed by atoms with E-state index in [1.807, 2.05) is 37.4 Å². The summed E-state index contributed by atoms with van der Waals surface area (Å²) in [5.74, 6) is 0.995. The lowest BCUT2D eigenvalue weighted by Gasteiger charge is -2.22. The van der Waals surface area contributed by atoms with Gasteiger partial charge in [0, 0.05) is 30.2 Å². The minimum atomic E-state index is 0.796. The first kappa shape index (κ1) is 13.6. The topological polar surface area (TPSA) is 28.2 Å². The molecule has 0 aliphatic carbocycles. The number of benzene rings is 2. The van der Waals surface area contributed by atoms with Gasteiger partial charge < -0.3 is 10.2 Å². The summed E-state index contributed by atoms with van der Waals surface area (Å²) >= 11 is 0. The average molecular weight is 277 g/mol. The second-order valence-corrected chi connectivity index (χ2v) is 5.09. The van der Waals surface area contributed by atoms with Crippen molar-refractivity contribution in [3.8, 4) is 0 Å². The monoisotopic (exact) mass is 277 g/mol. The molecule has 21 heavy (non-hydrogen) atoms. The standard InChI is InChI=1S/C18H19N3/c1-19-13-15-12-14-8-6-7-11-17(14)20-18(15)21(2)16-9-4-3-5-10-16/h3-12,19H,13H2,1-2H3. The van der Waals surface area contributed by atoms with Crippen LogP contribution in [0.1, 0.15) is 5.56 Å². The van der Waals surface area contributed by atoms with Crippen molar-refractivity contribution in [2.75, 3.05) is 19.0 Å². The zero-order valence-corrected chi connectivity index (χ0v) is 12.4. The first-order valence-corrected chi connectivity index (χ1v) is 7.11. The number of anilines is 2. The second kappa shape index (κ2) is 5.94. The average Bonchev–Trinajstić information content (AvgIpc) is 2.55. The molecule has 3 nitrogen and oxygen atoms in total. The third kappa shape index (κ3) is 2.73. The molecule has 0 saturated heterocycles. The van der Waals surface area contributed by atoms with Crippen LogP contribution in [0.25, 0.3) is 10.9 Å². The van der Waals surface area contributed by atoms with Gasteiger partial charge in [0.1, 0.15) is 5.82 Å². The van der Waals surface area contributed by atoms with Gasteiger partial charge in [0.2, 0.25) is 0 Å².